The van der Waals surface area contributed by atoms with E-state index in [1.54, 1.807) is 112 Å². The second-order valence-corrected chi connectivity index (χ2v) is 12.5. The number of pyridine rings is 1. The summed E-state index contributed by atoms with van der Waals surface area (Å²) in [6.07, 6.45) is -0.905. The van der Waals surface area contributed by atoms with Gasteiger partial charge in [-0.2, -0.15) is 0 Å². The number of rotatable bonds is 15. The number of alkyl carbamates (subject to hydrolysis) is 1. The number of carbonyl (C=O) groups is 4. The molecule has 0 aliphatic carbocycles. The van der Waals surface area contributed by atoms with Crippen molar-refractivity contribution in [1.29, 1.82) is 0 Å². The van der Waals surface area contributed by atoms with E-state index in [1.165, 1.54) is 0 Å². The van der Waals surface area contributed by atoms with Crippen LogP contribution in [-0.4, -0.2) is 45.6 Å². The second kappa shape index (κ2) is 17.5. The molecule has 0 bridgehead atoms. The molecule has 13 heteroatoms. The third kappa shape index (κ3) is 10.9. The van der Waals surface area contributed by atoms with Crippen molar-refractivity contribution < 1.29 is 43.0 Å². The van der Waals surface area contributed by atoms with Gasteiger partial charge in [0.1, 0.15) is 37.7 Å². The van der Waals surface area contributed by atoms with E-state index in [0.29, 0.717) is 16.7 Å². The summed E-state index contributed by atoms with van der Waals surface area (Å²) in [6.45, 7) is 4.34. The summed E-state index contributed by atoms with van der Waals surface area (Å²) in [6, 6.07) is 27.1. The SMILES string of the molecule is CC(C)(C)OC(=O)N[C@@H](CCC(C(=O)OCc1ccccc1)(C(=O)OCc1ccccc1)c1ccc([N+](=O)[O-])cn1)C(=O)OCc1ccccc1. The highest BCUT2D eigenvalue weighted by Crippen LogP contribution is 2.34. The third-order valence-corrected chi connectivity index (χ3v) is 7.53. The Labute approximate surface area is 295 Å². The van der Waals surface area contributed by atoms with Crippen LogP contribution in [0.4, 0.5) is 10.5 Å². The number of benzene rings is 3. The molecule has 0 saturated carbocycles. The minimum absolute atomic E-state index is 0.126. The van der Waals surface area contributed by atoms with Gasteiger partial charge in [0.2, 0.25) is 5.41 Å². The summed E-state index contributed by atoms with van der Waals surface area (Å²) in [5.74, 6) is -3.04. The molecule has 1 N–H and O–H groups in total. The van der Waals surface area contributed by atoms with Crippen LogP contribution in [0.2, 0.25) is 0 Å². The first-order valence-electron chi connectivity index (χ1n) is 16.1. The second-order valence-electron chi connectivity index (χ2n) is 12.5. The van der Waals surface area contributed by atoms with Gasteiger partial charge in [0.15, 0.2) is 0 Å². The normalized spacial score (nSPS) is 11.8. The first-order chi connectivity index (χ1) is 24.4. The van der Waals surface area contributed by atoms with Crippen molar-refractivity contribution in [3.8, 4) is 0 Å². The van der Waals surface area contributed by atoms with Gasteiger partial charge in [-0.25, -0.2) is 9.59 Å². The summed E-state index contributed by atoms with van der Waals surface area (Å²) < 4.78 is 22.3. The van der Waals surface area contributed by atoms with Crippen LogP contribution in [0, 0.1) is 10.1 Å². The number of nitrogens with zero attached hydrogens (tertiary/aromatic N) is 2. The maximum atomic E-state index is 14.3. The molecule has 51 heavy (non-hydrogen) atoms. The number of amides is 1. The molecule has 4 aromatic rings. The lowest BCUT2D eigenvalue weighted by molar-refractivity contribution is -0.385. The molecule has 0 aliphatic heterocycles. The van der Waals surface area contributed by atoms with E-state index in [1.807, 2.05) is 0 Å². The standard InChI is InChI=1S/C38H39N3O10/c1-37(2,3)51-36(45)40-31(33(42)48-24-27-13-7-4-8-14-27)21-22-38(32-20-19-30(23-39-32)41(46)47,34(43)49-25-28-15-9-5-10-16-28)35(44)50-26-29-17-11-6-12-18-29/h4-20,23,31H,21-22,24-26H2,1-3H3,(H,40,45)/t31-/m0/s1. The van der Waals surface area contributed by atoms with Crippen molar-refractivity contribution in [2.24, 2.45) is 0 Å². The highest BCUT2D eigenvalue weighted by atomic mass is 16.6. The zero-order chi connectivity index (χ0) is 36.9. The van der Waals surface area contributed by atoms with Crippen molar-refractivity contribution >= 4 is 29.7 Å². The van der Waals surface area contributed by atoms with Gasteiger partial charge < -0.3 is 24.3 Å². The average Bonchev–Trinajstić information content (AvgIpc) is 3.12. The molecule has 1 heterocycles. The molecule has 0 spiro atoms. The van der Waals surface area contributed by atoms with Crippen LogP contribution in [0.1, 0.15) is 56.0 Å². The number of hydrogen-bond donors (Lipinski definition) is 1. The van der Waals surface area contributed by atoms with Gasteiger partial charge in [-0.3, -0.25) is 24.7 Å². The number of hydrogen-bond acceptors (Lipinski definition) is 11. The molecule has 0 saturated heterocycles. The van der Waals surface area contributed by atoms with Crippen LogP contribution in [0.3, 0.4) is 0 Å². The minimum Gasteiger partial charge on any atom is -0.460 e. The van der Waals surface area contributed by atoms with Gasteiger partial charge in [-0.1, -0.05) is 91.0 Å². The van der Waals surface area contributed by atoms with E-state index in [9.17, 15) is 29.3 Å². The van der Waals surface area contributed by atoms with E-state index in [-0.39, 0.29) is 31.9 Å². The fourth-order valence-electron chi connectivity index (χ4n) is 4.95. The van der Waals surface area contributed by atoms with Gasteiger partial charge in [0.25, 0.3) is 5.69 Å². The molecule has 1 aromatic heterocycles. The molecule has 0 aliphatic rings. The summed E-state index contributed by atoms with van der Waals surface area (Å²) in [5.41, 5.74) is -1.98. The fourth-order valence-corrected chi connectivity index (χ4v) is 4.95. The van der Waals surface area contributed by atoms with Gasteiger partial charge in [-0.05, 0) is 56.4 Å². The van der Waals surface area contributed by atoms with Crippen molar-refractivity contribution in [3.63, 3.8) is 0 Å². The number of aromatic nitrogens is 1. The zero-order valence-corrected chi connectivity index (χ0v) is 28.5. The Morgan fingerprint density at radius 3 is 1.61 bits per heavy atom. The summed E-state index contributed by atoms with van der Waals surface area (Å²) in [5, 5.41) is 14.0. The number of carbonyl (C=O) groups excluding carboxylic acids is 4. The number of nitro groups is 1. The highest BCUT2D eigenvalue weighted by Gasteiger charge is 2.53. The van der Waals surface area contributed by atoms with Gasteiger partial charge in [0.05, 0.1) is 10.6 Å². The van der Waals surface area contributed by atoms with Crippen molar-refractivity contribution in [1.82, 2.24) is 10.3 Å². The summed E-state index contributed by atoms with van der Waals surface area (Å²) in [4.78, 5) is 70.0. The maximum absolute atomic E-state index is 14.3. The molecule has 3 aromatic carbocycles. The lowest BCUT2D eigenvalue weighted by atomic mass is 9.78. The predicted molar refractivity (Wildman–Crippen MR) is 184 cm³/mol. The molecule has 0 radical (unpaired) electrons. The predicted octanol–water partition coefficient (Wildman–Crippen LogP) is 6.13. The van der Waals surface area contributed by atoms with Crippen LogP contribution in [0.5, 0.6) is 0 Å². The number of nitrogens with one attached hydrogen (secondary N) is 1. The lowest BCUT2D eigenvalue weighted by Crippen LogP contribution is -2.50. The number of esters is 3. The Morgan fingerprint density at radius 1 is 0.725 bits per heavy atom. The van der Waals surface area contributed by atoms with E-state index in [4.69, 9.17) is 18.9 Å². The van der Waals surface area contributed by atoms with E-state index < -0.39 is 58.1 Å². The van der Waals surface area contributed by atoms with Gasteiger partial charge in [-0.15, -0.1) is 0 Å². The van der Waals surface area contributed by atoms with Crippen molar-refractivity contribution in [2.75, 3.05) is 0 Å². The molecule has 1 amide bonds. The molecule has 266 valence electrons. The smallest absolute Gasteiger partial charge is 0.408 e. The average molecular weight is 698 g/mol. The third-order valence-electron chi connectivity index (χ3n) is 7.53. The Kier molecular flexibility index (Phi) is 13.0. The first-order valence-corrected chi connectivity index (χ1v) is 16.1. The van der Waals surface area contributed by atoms with Crippen molar-refractivity contribution in [2.45, 2.75) is 70.5 Å². The fraction of sp³-hybridized carbons (Fsp3) is 0.289. The van der Waals surface area contributed by atoms with Crippen LogP contribution < -0.4 is 5.32 Å². The van der Waals surface area contributed by atoms with Gasteiger partial charge in [0, 0.05) is 6.07 Å². The molecular weight excluding hydrogens is 658 g/mol. The monoisotopic (exact) mass is 697 g/mol. The summed E-state index contributed by atoms with van der Waals surface area (Å²) in [7, 11) is 0. The van der Waals surface area contributed by atoms with Gasteiger partial charge >= 0.3 is 24.0 Å². The van der Waals surface area contributed by atoms with Crippen molar-refractivity contribution in [3.05, 3.63) is 142 Å². The van der Waals surface area contributed by atoms with Crippen LogP contribution in [0.25, 0.3) is 0 Å². The maximum Gasteiger partial charge on any atom is 0.408 e. The summed E-state index contributed by atoms with van der Waals surface area (Å²) >= 11 is 0. The van der Waals surface area contributed by atoms with Crippen LogP contribution in [0.15, 0.2) is 109 Å². The molecular formula is C38H39N3O10. The zero-order valence-electron chi connectivity index (χ0n) is 28.5. The van der Waals surface area contributed by atoms with E-state index in [2.05, 4.69) is 10.3 Å². The lowest BCUT2D eigenvalue weighted by Gasteiger charge is -2.30. The molecule has 0 fully saturated rings. The molecule has 4 rings (SSSR count). The van der Waals surface area contributed by atoms with Crippen LogP contribution >= 0.6 is 0 Å². The number of ether oxygens (including phenoxy) is 4. The molecule has 13 nitrogen and oxygen atoms in total. The Hall–Kier alpha value is -6.11. The van der Waals surface area contributed by atoms with E-state index in [0.717, 1.165) is 18.3 Å². The largest absolute Gasteiger partial charge is 0.460 e. The minimum atomic E-state index is -2.35. The molecule has 0 unspecified atom stereocenters. The topological polar surface area (TPSA) is 173 Å². The highest BCUT2D eigenvalue weighted by molar-refractivity contribution is 6.06. The quantitative estimate of drug-likeness (QED) is 0.0498. The molecule has 1 atom stereocenters. The Morgan fingerprint density at radius 2 is 1.20 bits per heavy atom. The van der Waals surface area contributed by atoms with E-state index >= 15 is 0 Å². The Balaban J connectivity index is 1.73. The Bertz CT molecular complexity index is 1720. The van der Waals surface area contributed by atoms with Crippen LogP contribution in [-0.2, 0) is 58.6 Å². The first kappa shape index (κ1) is 37.7.